The summed E-state index contributed by atoms with van der Waals surface area (Å²) in [5.74, 6) is -2.19. The number of allylic oxidation sites excluding steroid dienone is 1. The zero-order valence-electron chi connectivity index (χ0n) is 8.03. The first-order valence-electron chi connectivity index (χ1n) is 3.92. The van der Waals surface area contributed by atoms with Crippen molar-refractivity contribution >= 4 is 11.9 Å². The molecule has 0 aromatic rings. The van der Waals surface area contributed by atoms with E-state index < -0.39 is 17.9 Å². The highest BCUT2D eigenvalue weighted by Gasteiger charge is 2.19. The average molecular weight is 186 g/mol. The first kappa shape index (κ1) is 11.7. The minimum Gasteiger partial charge on any atom is -0.481 e. The van der Waals surface area contributed by atoms with Crippen molar-refractivity contribution in [2.75, 3.05) is 7.11 Å². The van der Waals surface area contributed by atoms with Gasteiger partial charge in [-0.1, -0.05) is 11.6 Å². The number of ether oxygens (including phenoxy) is 1. The van der Waals surface area contributed by atoms with Crippen molar-refractivity contribution in [3.8, 4) is 0 Å². The summed E-state index contributed by atoms with van der Waals surface area (Å²) >= 11 is 0. The summed E-state index contributed by atoms with van der Waals surface area (Å²) in [5, 5.41) is 8.50. The lowest BCUT2D eigenvalue weighted by Crippen LogP contribution is -2.18. The zero-order chi connectivity index (χ0) is 10.4. The van der Waals surface area contributed by atoms with Crippen LogP contribution in [-0.2, 0) is 14.3 Å². The Morgan fingerprint density at radius 2 is 2.00 bits per heavy atom. The van der Waals surface area contributed by atoms with E-state index in [0.717, 1.165) is 5.57 Å². The highest BCUT2D eigenvalue weighted by atomic mass is 16.5. The van der Waals surface area contributed by atoms with Crippen LogP contribution in [0.15, 0.2) is 11.6 Å². The third-order valence-electron chi connectivity index (χ3n) is 1.43. The van der Waals surface area contributed by atoms with Crippen molar-refractivity contribution in [2.24, 2.45) is 5.92 Å². The fourth-order valence-electron chi connectivity index (χ4n) is 0.952. The Kier molecular flexibility index (Phi) is 4.80. The van der Waals surface area contributed by atoms with Gasteiger partial charge in [0.1, 0.15) is 0 Å². The second-order valence-corrected chi connectivity index (χ2v) is 2.97. The minimum atomic E-state index is -1.01. The molecule has 0 saturated carbocycles. The molecule has 0 fully saturated rings. The summed E-state index contributed by atoms with van der Waals surface area (Å²) in [4.78, 5) is 21.4. The first-order valence-corrected chi connectivity index (χ1v) is 3.92. The molecule has 4 nitrogen and oxygen atoms in total. The van der Waals surface area contributed by atoms with E-state index in [0.29, 0.717) is 0 Å². The molecule has 1 atom stereocenters. The molecule has 0 radical (unpaired) electrons. The Bertz CT molecular complexity index is 226. The molecule has 0 saturated heterocycles. The van der Waals surface area contributed by atoms with Gasteiger partial charge in [-0.15, -0.1) is 0 Å². The number of hydrogen-bond donors (Lipinski definition) is 1. The van der Waals surface area contributed by atoms with E-state index in [2.05, 4.69) is 4.74 Å². The normalized spacial score (nSPS) is 11.6. The molecule has 1 unspecified atom stereocenters. The fourth-order valence-corrected chi connectivity index (χ4v) is 0.952. The van der Waals surface area contributed by atoms with E-state index in [1.54, 1.807) is 19.9 Å². The summed E-state index contributed by atoms with van der Waals surface area (Å²) in [6, 6.07) is 0. The molecule has 0 rings (SSSR count). The number of esters is 1. The number of rotatable bonds is 4. The average Bonchev–Trinajstić information content (AvgIpc) is 2.00. The second kappa shape index (κ2) is 5.35. The minimum absolute atomic E-state index is 0.224. The SMILES string of the molecule is COC(=O)C(C=C(C)C)CC(=O)O. The van der Waals surface area contributed by atoms with Crippen LogP contribution in [0.5, 0.6) is 0 Å². The number of hydrogen-bond acceptors (Lipinski definition) is 3. The standard InChI is InChI=1S/C9H14O4/c1-6(2)4-7(5-8(10)11)9(12)13-3/h4,7H,5H2,1-3H3,(H,10,11). The van der Waals surface area contributed by atoms with E-state index in [1.165, 1.54) is 7.11 Å². The summed E-state index contributed by atoms with van der Waals surface area (Å²) in [6.45, 7) is 3.61. The number of methoxy groups -OCH3 is 1. The van der Waals surface area contributed by atoms with Gasteiger partial charge < -0.3 is 9.84 Å². The second-order valence-electron chi connectivity index (χ2n) is 2.97. The van der Waals surface area contributed by atoms with Gasteiger partial charge in [0.15, 0.2) is 0 Å². The summed E-state index contributed by atoms with van der Waals surface area (Å²) in [5.41, 5.74) is 0.900. The van der Waals surface area contributed by atoms with Gasteiger partial charge in [0.25, 0.3) is 0 Å². The van der Waals surface area contributed by atoms with Crippen LogP contribution in [0.2, 0.25) is 0 Å². The lowest BCUT2D eigenvalue weighted by atomic mass is 10.0. The van der Waals surface area contributed by atoms with Crippen molar-refractivity contribution in [1.82, 2.24) is 0 Å². The van der Waals surface area contributed by atoms with Crippen LogP contribution in [0.4, 0.5) is 0 Å². The summed E-state index contributed by atoms with van der Waals surface area (Å²) < 4.78 is 4.47. The van der Waals surface area contributed by atoms with Gasteiger partial charge in [-0.2, -0.15) is 0 Å². The smallest absolute Gasteiger partial charge is 0.313 e. The van der Waals surface area contributed by atoms with Gasteiger partial charge in [-0.3, -0.25) is 9.59 Å². The van der Waals surface area contributed by atoms with Crippen LogP contribution in [0.25, 0.3) is 0 Å². The van der Waals surface area contributed by atoms with Crippen LogP contribution in [0, 0.1) is 5.92 Å². The van der Waals surface area contributed by atoms with Crippen molar-refractivity contribution in [1.29, 1.82) is 0 Å². The summed E-state index contributed by atoms with van der Waals surface area (Å²) in [6.07, 6.45) is 1.37. The Morgan fingerprint density at radius 1 is 1.46 bits per heavy atom. The van der Waals surface area contributed by atoms with E-state index in [9.17, 15) is 9.59 Å². The van der Waals surface area contributed by atoms with Crippen molar-refractivity contribution in [2.45, 2.75) is 20.3 Å². The molecule has 1 N–H and O–H groups in total. The molecule has 74 valence electrons. The molecular weight excluding hydrogens is 172 g/mol. The number of carboxylic acid groups (broad SMARTS) is 1. The number of carbonyl (C=O) groups is 2. The highest BCUT2D eigenvalue weighted by molar-refractivity contribution is 5.80. The van der Waals surface area contributed by atoms with Crippen LogP contribution < -0.4 is 0 Å². The maximum Gasteiger partial charge on any atom is 0.313 e. The Balaban J connectivity index is 4.46. The maximum absolute atomic E-state index is 11.1. The monoisotopic (exact) mass is 186 g/mol. The Labute approximate surface area is 77.2 Å². The molecule has 0 aliphatic carbocycles. The predicted octanol–water partition coefficient (Wildman–Crippen LogP) is 1.22. The lowest BCUT2D eigenvalue weighted by Gasteiger charge is -2.07. The quantitative estimate of drug-likeness (QED) is 0.529. The van der Waals surface area contributed by atoms with Crippen LogP contribution in [0.1, 0.15) is 20.3 Å². The molecule has 0 aromatic heterocycles. The topological polar surface area (TPSA) is 63.6 Å². The molecule has 4 heteroatoms. The highest BCUT2D eigenvalue weighted by Crippen LogP contribution is 2.10. The van der Waals surface area contributed by atoms with Gasteiger partial charge >= 0.3 is 11.9 Å². The largest absolute Gasteiger partial charge is 0.481 e. The molecule has 0 aromatic carbocycles. The number of carbonyl (C=O) groups excluding carboxylic acids is 1. The molecule has 0 amide bonds. The third-order valence-corrected chi connectivity index (χ3v) is 1.43. The van der Waals surface area contributed by atoms with E-state index in [4.69, 9.17) is 5.11 Å². The predicted molar refractivity (Wildman–Crippen MR) is 47.2 cm³/mol. The van der Waals surface area contributed by atoms with Gasteiger partial charge in [0, 0.05) is 0 Å². The molecule has 0 aliphatic rings. The fraction of sp³-hybridized carbons (Fsp3) is 0.556. The molecule has 0 heterocycles. The van der Waals surface area contributed by atoms with Gasteiger partial charge in [-0.05, 0) is 13.8 Å². The van der Waals surface area contributed by atoms with Crippen molar-refractivity contribution in [3.05, 3.63) is 11.6 Å². The number of aliphatic carboxylic acids is 1. The van der Waals surface area contributed by atoms with Gasteiger partial charge in [0.2, 0.25) is 0 Å². The molecule has 0 bridgehead atoms. The summed E-state index contributed by atoms with van der Waals surface area (Å²) in [7, 11) is 1.25. The number of carboxylic acids is 1. The lowest BCUT2D eigenvalue weighted by molar-refractivity contribution is -0.148. The Morgan fingerprint density at radius 3 is 2.31 bits per heavy atom. The first-order chi connectivity index (χ1) is 5.97. The maximum atomic E-state index is 11.1. The molecular formula is C9H14O4. The molecule has 0 spiro atoms. The van der Waals surface area contributed by atoms with Crippen LogP contribution in [-0.4, -0.2) is 24.2 Å². The van der Waals surface area contributed by atoms with Crippen molar-refractivity contribution < 1.29 is 19.4 Å². The Hall–Kier alpha value is -1.32. The van der Waals surface area contributed by atoms with Crippen molar-refractivity contribution in [3.63, 3.8) is 0 Å². The zero-order valence-corrected chi connectivity index (χ0v) is 8.03. The van der Waals surface area contributed by atoms with E-state index in [1.807, 2.05) is 0 Å². The van der Waals surface area contributed by atoms with E-state index >= 15 is 0 Å². The van der Waals surface area contributed by atoms with Gasteiger partial charge in [-0.25, -0.2) is 0 Å². The molecule has 0 aliphatic heterocycles. The van der Waals surface area contributed by atoms with Gasteiger partial charge in [0.05, 0.1) is 19.4 Å². The van der Waals surface area contributed by atoms with Crippen LogP contribution >= 0.6 is 0 Å². The van der Waals surface area contributed by atoms with E-state index in [-0.39, 0.29) is 6.42 Å². The molecule has 13 heavy (non-hydrogen) atoms. The third kappa shape index (κ3) is 5.00. The van der Waals surface area contributed by atoms with Crippen LogP contribution in [0.3, 0.4) is 0 Å².